The molecule has 0 spiro atoms. The van der Waals surface area contributed by atoms with Gasteiger partial charge in [-0.05, 0) is 32.4 Å². The summed E-state index contributed by atoms with van der Waals surface area (Å²) < 4.78 is 0. The Hall–Kier alpha value is -1.35. The summed E-state index contributed by atoms with van der Waals surface area (Å²) in [5.74, 6) is 0.166. The minimum absolute atomic E-state index is 0.166. The average Bonchev–Trinajstić information content (AvgIpc) is 2.31. The summed E-state index contributed by atoms with van der Waals surface area (Å²) >= 11 is 0. The number of piperazine rings is 1. The Balaban J connectivity index is 2.21. The number of rotatable bonds is 1. The molecule has 0 bridgehead atoms. The SMILES string of the molecule is Cc1ccc(C)c(C(=O)N2CCNC(C)C2)c1. The van der Waals surface area contributed by atoms with E-state index in [0.29, 0.717) is 6.04 Å². The van der Waals surface area contributed by atoms with Crippen LogP contribution in [0.4, 0.5) is 0 Å². The Morgan fingerprint density at radius 3 is 2.88 bits per heavy atom. The van der Waals surface area contributed by atoms with Gasteiger partial charge < -0.3 is 10.2 Å². The molecule has 1 heterocycles. The molecule has 0 aromatic heterocycles. The van der Waals surface area contributed by atoms with Gasteiger partial charge in [0.25, 0.3) is 5.91 Å². The van der Waals surface area contributed by atoms with Crippen molar-refractivity contribution < 1.29 is 4.79 Å². The van der Waals surface area contributed by atoms with Crippen molar-refractivity contribution in [2.45, 2.75) is 26.8 Å². The Kier molecular flexibility index (Phi) is 3.48. The third kappa shape index (κ3) is 2.67. The molecule has 3 nitrogen and oxygen atoms in total. The van der Waals surface area contributed by atoms with Crippen molar-refractivity contribution in [2.75, 3.05) is 19.6 Å². The monoisotopic (exact) mass is 232 g/mol. The van der Waals surface area contributed by atoms with Gasteiger partial charge in [0.2, 0.25) is 0 Å². The zero-order chi connectivity index (χ0) is 12.4. The Bertz CT molecular complexity index is 428. The normalized spacial score (nSPS) is 20.4. The molecule has 3 heteroatoms. The Morgan fingerprint density at radius 2 is 2.18 bits per heavy atom. The van der Waals surface area contributed by atoms with Crippen LogP contribution >= 0.6 is 0 Å². The molecule has 92 valence electrons. The third-order valence-corrected chi connectivity index (χ3v) is 3.28. The van der Waals surface area contributed by atoms with Crippen LogP contribution in [0.15, 0.2) is 18.2 Å². The molecule has 1 atom stereocenters. The van der Waals surface area contributed by atoms with Crippen molar-refractivity contribution in [1.82, 2.24) is 10.2 Å². The number of carbonyl (C=O) groups is 1. The highest BCUT2D eigenvalue weighted by atomic mass is 16.2. The second-order valence-electron chi connectivity index (χ2n) is 4.92. The highest BCUT2D eigenvalue weighted by molar-refractivity contribution is 5.96. The molecule has 1 aliphatic heterocycles. The maximum Gasteiger partial charge on any atom is 0.254 e. The minimum atomic E-state index is 0.166. The number of nitrogens with zero attached hydrogens (tertiary/aromatic N) is 1. The molecule has 0 saturated carbocycles. The maximum absolute atomic E-state index is 12.4. The second kappa shape index (κ2) is 4.88. The van der Waals surface area contributed by atoms with Gasteiger partial charge in [-0.3, -0.25) is 4.79 Å². The van der Waals surface area contributed by atoms with Crippen LogP contribution in [-0.4, -0.2) is 36.5 Å². The third-order valence-electron chi connectivity index (χ3n) is 3.28. The summed E-state index contributed by atoms with van der Waals surface area (Å²) in [7, 11) is 0. The first kappa shape index (κ1) is 12.1. The molecule has 1 amide bonds. The van der Waals surface area contributed by atoms with Crippen molar-refractivity contribution in [3.8, 4) is 0 Å². The lowest BCUT2D eigenvalue weighted by atomic mass is 10.0. The summed E-state index contributed by atoms with van der Waals surface area (Å²) in [6.45, 7) is 8.62. The number of hydrogen-bond donors (Lipinski definition) is 1. The molecule has 0 aliphatic carbocycles. The van der Waals surface area contributed by atoms with Gasteiger partial charge >= 0.3 is 0 Å². The van der Waals surface area contributed by atoms with E-state index >= 15 is 0 Å². The van der Waals surface area contributed by atoms with Crippen LogP contribution in [0.1, 0.15) is 28.4 Å². The predicted molar refractivity (Wildman–Crippen MR) is 69.3 cm³/mol. The smallest absolute Gasteiger partial charge is 0.254 e. The lowest BCUT2D eigenvalue weighted by molar-refractivity contribution is 0.0708. The lowest BCUT2D eigenvalue weighted by Gasteiger charge is -2.32. The molecule has 1 N–H and O–H groups in total. The quantitative estimate of drug-likeness (QED) is 0.800. The van der Waals surface area contributed by atoms with Crippen LogP contribution in [0.5, 0.6) is 0 Å². The van der Waals surface area contributed by atoms with Gasteiger partial charge in [0.1, 0.15) is 0 Å². The Morgan fingerprint density at radius 1 is 1.41 bits per heavy atom. The van der Waals surface area contributed by atoms with Crippen LogP contribution in [-0.2, 0) is 0 Å². The molecule has 1 aromatic carbocycles. The van der Waals surface area contributed by atoms with E-state index in [1.165, 1.54) is 0 Å². The highest BCUT2D eigenvalue weighted by Crippen LogP contribution is 2.14. The fourth-order valence-corrected chi connectivity index (χ4v) is 2.25. The van der Waals surface area contributed by atoms with Gasteiger partial charge in [0.05, 0.1) is 0 Å². The number of carbonyl (C=O) groups excluding carboxylic acids is 1. The molecule has 2 rings (SSSR count). The summed E-state index contributed by atoms with van der Waals surface area (Å²) in [6, 6.07) is 6.45. The van der Waals surface area contributed by atoms with E-state index in [1.54, 1.807) is 0 Å². The summed E-state index contributed by atoms with van der Waals surface area (Å²) in [4.78, 5) is 14.4. The number of benzene rings is 1. The summed E-state index contributed by atoms with van der Waals surface area (Å²) in [6.07, 6.45) is 0. The molecule has 0 radical (unpaired) electrons. The average molecular weight is 232 g/mol. The second-order valence-corrected chi connectivity index (χ2v) is 4.92. The van der Waals surface area contributed by atoms with Gasteiger partial charge in [0.15, 0.2) is 0 Å². The van der Waals surface area contributed by atoms with Crippen LogP contribution in [0.2, 0.25) is 0 Å². The van der Waals surface area contributed by atoms with E-state index in [9.17, 15) is 4.79 Å². The van der Waals surface area contributed by atoms with Crippen LogP contribution in [0.3, 0.4) is 0 Å². The largest absolute Gasteiger partial charge is 0.336 e. The molecule has 1 aliphatic rings. The number of aryl methyl sites for hydroxylation is 2. The minimum Gasteiger partial charge on any atom is -0.336 e. The lowest BCUT2D eigenvalue weighted by Crippen LogP contribution is -2.51. The molecule has 1 saturated heterocycles. The van der Waals surface area contributed by atoms with Gasteiger partial charge in [0, 0.05) is 31.2 Å². The first-order valence-corrected chi connectivity index (χ1v) is 6.18. The van der Waals surface area contributed by atoms with Crippen molar-refractivity contribution in [2.24, 2.45) is 0 Å². The van der Waals surface area contributed by atoms with Crippen molar-refractivity contribution >= 4 is 5.91 Å². The van der Waals surface area contributed by atoms with Crippen molar-refractivity contribution in [3.05, 3.63) is 34.9 Å². The van der Waals surface area contributed by atoms with E-state index in [4.69, 9.17) is 0 Å². The summed E-state index contributed by atoms with van der Waals surface area (Å²) in [5.41, 5.74) is 3.05. The molecular formula is C14H20N2O. The number of hydrogen-bond acceptors (Lipinski definition) is 2. The number of nitrogens with one attached hydrogen (secondary N) is 1. The van der Waals surface area contributed by atoms with Crippen molar-refractivity contribution in [1.29, 1.82) is 0 Å². The molecule has 17 heavy (non-hydrogen) atoms. The van der Waals surface area contributed by atoms with E-state index < -0.39 is 0 Å². The van der Waals surface area contributed by atoms with E-state index in [1.807, 2.05) is 36.9 Å². The maximum atomic E-state index is 12.4. The van der Waals surface area contributed by atoms with Crippen molar-refractivity contribution in [3.63, 3.8) is 0 Å². The fourth-order valence-electron chi connectivity index (χ4n) is 2.25. The molecule has 1 unspecified atom stereocenters. The summed E-state index contributed by atoms with van der Waals surface area (Å²) in [5, 5.41) is 3.35. The molecule has 1 aromatic rings. The van der Waals surface area contributed by atoms with E-state index in [2.05, 4.69) is 12.2 Å². The topological polar surface area (TPSA) is 32.3 Å². The van der Waals surface area contributed by atoms with E-state index in [0.717, 1.165) is 36.3 Å². The zero-order valence-electron chi connectivity index (χ0n) is 10.8. The molecular weight excluding hydrogens is 212 g/mol. The van der Waals surface area contributed by atoms with Crippen LogP contribution in [0, 0.1) is 13.8 Å². The number of amides is 1. The first-order chi connectivity index (χ1) is 8.08. The van der Waals surface area contributed by atoms with Gasteiger partial charge in [-0.15, -0.1) is 0 Å². The van der Waals surface area contributed by atoms with Gasteiger partial charge in [-0.2, -0.15) is 0 Å². The Labute approximate surface area is 103 Å². The zero-order valence-corrected chi connectivity index (χ0v) is 10.8. The standard InChI is InChI=1S/C14H20N2O/c1-10-4-5-11(2)13(8-10)14(17)16-7-6-15-12(3)9-16/h4-5,8,12,15H,6-7,9H2,1-3H3. The fraction of sp³-hybridized carbons (Fsp3) is 0.500. The van der Waals surface area contributed by atoms with Gasteiger partial charge in [-0.1, -0.05) is 17.7 Å². The highest BCUT2D eigenvalue weighted by Gasteiger charge is 2.22. The van der Waals surface area contributed by atoms with Gasteiger partial charge in [-0.25, -0.2) is 0 Å². The molecule has 1 fully saturated rings. The van der Waals surface area contributed by atoms with Crippen LogP contribution in [0.25, 0.3) is 0 Å². The first-order valence-electron chi connectivity index (χ1n) is 6.18. The van der Waals surface area contributed by atoms with E-state index in [-0.39, 0.29) is 5.91 Å². The van der Waals surface area contributed by atoms with Crippen LogP contribution < -0.4 is 5.32 Å². The predicted octanol–water partition coefficient (Wildman–Crippen LogP) is 1.74.